The van der Waals surface area contributed by atoms with Gasteiger partial charge in [-0.15, -0.1) is 0 Å². The summed E-state index contributed by atoms with van der Waals surface area (Å²) in [5.41, 5.74) is 3.88. The number of nitrogens with one attached hydrogen (secondary N) is 2. The Morgan fingerprint density at radius 3 is 2.61 bits per heavy atom. The predicted molar refractivity (Wildman–Crippen MR) is 129 cm³/mol. The average Bonchev–Trinajstić information content (AvgIpc) is 2.85. The Hall–Kier alpha value is -3.22. The molecule has 3 aromatic rings. The molecule has 0 bridgehead atoms. The van der Waals surface area contributed by atoms with Gasteiger partial charge in [0, 0.05) is 18.4 Å². The van der Waals surface area contributed by atoms with Crippen LogP contribution in [0.25, 0.3) is 10.8 Å². The van der Waals surface area contributed by atoms with Crippen LogP contribution in [-0.2, 0) is 11.2 Å². The molecule has 174 valence electrons. The topological polar surface area (TPSA) is 70.6 Å². The summed E-state index contributed by atoms with van der Waals surface area (Å²) in [6.45, 7) is 1.92. The maximum atomic E-state index is 13.1. The summed E-state index contributed by atoms with van der Waals surface area (Å²) in [7, 11) is 0. The van der Waals surface area contributed by atoms with E-state index in [9.17, 15) is 9.18 Å². The minimum absolute atomic E-state index is 0.223. The van der Waals surface area contributed by atoms with E-state index in [2.05, 4.69) is 29.6 Å². The van der Waals surface area contributed by atoms with E-state index in [1.807, 2.05) is 24.3 Å². The van der Waals surface area contributed by atoms with Gasteiger partial charge < -0.3 is 10.1 Å². The molecule has 3 rings (SSSR count). The number of fused-ring (bicyclic) bond motifs is 1. The lowest BCUT2D eigenvalue weighted by molar-refractivity contribution is -0.129. The number of unbranched alkanes of at least 4 members (excludes halogenated alkanes) is 2. The monoisotopic (exact) mass is 450 g/mol. The van der Waals surface area contributed by atoms with E-state index in [0.29, 0.717) is 26.0 Å². The lowest BCUT2D eigenvalue weighted by atomic mass is 10.1. The van der Waals surface area contributed by atoms with Crippen molar-refractivity contribution in [1.29, 1.82) is 0 Å². The third-order valence-electron chi connectivity index (χ3n) is 5.43. The van der Waals surface area contributed by atoms with Crippen molar-refractivity contribution in [3.8, 4) is 5.75 Å². The van der Waals surface area contributed by atoms with Gasteiger partial charge in [0.05, 0.1) is 0 Å². The van der Waals surface area contributed by atoms with Crippen molar-refractivity contribution >= 4 is 16.7 Å². The van der Waals surface area contributed by atoms with E-state index in [1.54, 1.807) is 17.6 Å². The number of hydroxylamine groups is 1. The van der Waals surface area contributed by atoms with Crippen molar-refractivity contribution in [3.05, 3.63) is 89.8 Å². The van der Waals surface area contributed by atoms with Crippen molar-refractivity contribution in [2.75, 3.05) is 19.7 Å². The van der Waals surface area contributed by atoms with E-state index >= 15 is 0 Å². The van der Waals surface area contributed by atoms with Gasteiger partial charge in [-0.05, 0) is 66.9 Å². The summed E-state index contributed by atoms with van der Waals surface area (Å²) in [4.78, 5) is 11.2. The maximum absolute atomic E-state index is 13.1. The summed E-state index contributed by atoms with van der Waals surface area (Å²) in [6, 6.07) is 20.8. The zero-order valence-corrected chi connectivity index (χ0v) is 18.7. The lowest BCUT2D eigenvalue weighted by Crippen LogP contribution is -2.22. The van der Waals surface area contributed by atoms with Crippen LogP contribution in [0.1, 0.15) is 31.2 Å². The molecule has 1 amide bonds. The summed E-state index contributed by atoms with van der Waals surface area (Å²) in [6.07, 6.45) is 5.66. The van der Waals surface area contributed by atoms with E-state index in [1.165, 1.54) is 12.1 Å². The molecule has 0 aliphatic heterocycles. The Morgan fingerprint density at radius 1 is 1.00 bits per heavy atom. The van der Waals surface area contributed by atoms with Gasteiger partial charge >= 0.3 is 0 Å². The lowest BCUT2D eigenvalue weighted by Gasteiger charge is -2.13. The van der Waals surface area contributed by atoms with Gasteiger partial charge in [-0.1, -0.05) is 54.6 Å². The number of hydrogen-bond acceptors (Lipinski definition) is 4. The molecule has 0 fully saturated rings. The Balaban J connectivity index is 1.54. The molecule has 0 atom stereocenters. The number of amides is 1. The van der Waals surface area contributed by atoms with Crippen LogP contribution >= 0.6 is 0 Å². The molecule has 0 aliphatic rings. The fraction of sp³-hybridized carbons (Fsp3) is 0.296. The van der Waals surface area contributed by atoms with Gasteiger partial charge in [-0.3, -0.25) is 10.0 Å². The summed E-state index contributed by atoms with van der Waals surface area (Å²) in [5.74, 6) is 0.268. The average molecular weight is 451 g/mol. The van der Waals surface area contributed by atoms with Crippen LogP contribution in [0.2, 0.25) is 0 Å². The van der Waals surface area contributed by atoms with Crippen LogP contribution in [0.4, 0.5) is 4.39 Å². The van der Waals surface area contributed by atoms with Gasteiger partial charge in [0.2, 0.25) is 5.91 Å². The fourth-order valence-corrected chi connectivity index (χ4v) is 3.60. The molecular formula is C27H31FN2O3. The highest BCUT2D eigenvalue weighted by molar-refractivity contribution is 5.88. The first kappa shape index (κ1) is 24.4. The van der Waals surface area contributed by atoms with Gasteiger partial charge in [-0.25, -0.2) is 9.87 Å². The molecule has 3 N–H and O–H groups in total. The molecule has 6 heteroatoms. The highest BCUT2D eigenvalue weighted by Crippen LogP contribution is 2.25. The number of ether oxygens (including phenoxy) is 1. The highest BCUT2D eigenvalue weighted by Gasteiger charge is 2.05. The number of rotatable bonds is 13. The second kappa shape index (κ2) is 13.4. The Kier molecular flexibility index (Phi) is 9.88. The molecule has 0 unspecified atom stereocenters. The minimum atomic E-state index is -0.360. The highest BCUT2D eigenvalue weighted by atomic mass is 19.1. The Morgan fingerprint density at radius 2 is 1.79 bits per heavy atom. The first-order valence-corrected chi connectivity index (χ1v) is 11.3. The zero-order valence-electron chi connectivity index (χ0n) is 18.7. The number of halogens is 1. The smallest absolute Gasteiger partial charge is 0.243 e. The minimum Gasteiger partial charge on any atom is -0.489 e. The molecule has 5 nitrogen and oxygen atoms in total. The molecule has 0 aliphatic carbocycles. The van der Waals surface area contributed by atoms with Gasteiger partial charge in [-0.2, -0.15) is 0 Å². The first-order valence-electron chi connectivity index (χ1n) is 11.3. The maximum Gasteiger partial charge on any atom is 0.243 e. The SMILES string of the molecule is O=C(CCCC/C=C(/CNCCc1ccc(F)cc1)COc1cccc2ccccc12)NO. The van der Waals surface area contributed by atoms with Gasteiger partial charge in [0.15, 0.2) is 0 Å². The van der Waals surface area contributed by atoms with Crippen LogP contribution in [0.15, 0.2) is 78.4 Å². The summed E-state index contributed by atoms with van der Waals surface area (Å²) >= 11 is 0. The normalized spacial score (nSPS) is 11.5. The van der Waals surface area contributed by atoms with E-state index < -0.39 is 0 Å². The number of benzene rings is 3. The van der Waals surface area contributed by atoms with Gasteiger partial charge in [0.25, 0.3) is 0 Å². The Bertz CT molecular complexity index is 1050. The van der Waals surface area contributed by atoms with Crippen LogP contribution in [0, 0.1) is 5.82 Å². The number of carbonyl (C=O) groups excluding carboxylic acids is 1. The Labute approximate surface area is 194 Å². The van der Waals surface area contributed by atoms with E-state index in [4.69, 9.17) is 9.94 Å². The van der Waals surface area contributed by atoms with E-state index in [-0.39, 0.29) is 11.7 Å². The molecule has 3 aromatic carbocycles. The zero-order chi connectivity index (χ0) is 23.3. The third-order valence-corrected chi connectivity index (χ3v) is 5.43. The predicted octanol–water partition coefficient (Wildman–Crippen LogP) is 5.18. The molecular weight excluding hydrogens is 419 g/mol. The second-order valence-corrected chi connectivity index (χ2v) is 7.96. The van der Waals surface area contributed by atoms with Crippen LogP contribution in [0.3, 0.4) is 0 Å². The van der Waals surface area contributed by atoms with Crippen molar-refractivity contribution in [1.82, 2.24) is 10.8 Å². The number of carbonyl (C=O) groups is 1. The summed E-state index contributed by atoms with van der Waals surface area (Å²) in [5, 5.41) is 14.3. The number of allylic oxidation sites excluding steroid dienone is 1. The quantitative estimate of drug-likeness (QED) is 0.145. The van der Waals surface area contributed by atoms with Crippen molar-refractivity contribution in [2.24, 2.45) is 0 Å². The molecule has 0 spiro atoms. The molecule has 0 radical (unpaired) electrons. The number of hydrogen-bond donors (Lipinski definition) is 3. The molecule has 33 heavy (non-hydrogen) atoms. The van der Waals surface area contributed by atoms with Crippen molar-refractivity contribution < 1.29 is 19.1 Å². The molecule has 0 saturated carbocycles. The van der Waals surface area contributed by atoms with Crippen molar-refractivity contribution in [3.63, 3.8) is 0 Å². The van der Waals surface area contributed by atoms with E-state index in [0.717, 1.165) is 53.5 Å². The largest absolute Gasteiger partial charge is 0.489 e. The van der Waals surface area contributed by atoms with Crippen LogP contribution in [0.5, 0.6) is 5.75 Å². The molecule has 0 heterocycles. The van der Waals surface area contributed by atoms with Crippen molar-refractivity contribution in [2.45, 2.75) is 32.1 Å². The van der Waals surface area contributed by atoms with Gasteiger partial charge in [0.1, 0.15) is 18.2 Å². The fourth-order valence-electron chi connectivity index (χ4n) is 3.60. The van der Waals surface area contributed by atoms with Crippen LogP contribution in [-0.4, -0.2) is 30.8 Å². The summed E-state index contributed by atoms with van der Waals surface area (Å²) < 4.78 is 19.2. The molecule has 0 saturated heterocycles. The first-order chi connectivity index (χ1) is 16.2. The standard InChI is InChI=1S/C27H31FN2O3/c28-24-15-13-21(14-16-24)17-18-29-19-22(7-2-1-3-12-27(31)30-32)20-33-26-11-6-9-23-8-4-5-10-25(23)26/h4-11,13-16,29,32H,1-3,12,17-20H2,(H,30,31)/b22-7-. The molecule has 0 aromatic heterocycles. The van der Waals surface area contributed by atoms with Crippen LogP contribution < -0.4 is 15.5 Å². The third kappa shape index (κ3) is 8.33. The second-order valence-electron chi connectivity index (χ2n) is 7.96.